The Kier molecular flexibility index (Phi) is 9.85. The number of ether oxygens (including phenoxy) is 4. The summed E-state index contributed by atoms with van der Waals surface area (Å²) in [6.07, 6.45) is 1.53. The molecule has 0 radical (unpaired) electrons. The van der Waals surface area contributed by atoms with Crippen molar-refractivity contribution in [1.29, 1.82) is 5.41 Å². The van der Waals surface area contributed by atoms with Crippen LogP contribution in [0.5, 0.6) is 0 Å². The van der Waals surface area contributed by atoms with Crippen LogP contribution < -0.4 is 15.8 Å². The molecule has 1 aromatic carbocycles. The lowest BCUT2D eigenvalue weighted by Crippen LogP contribution is -2.70. The molecule has 1 saturated carbocycles. The molecule has 5 fully saturated rings. The molecule has 8 atom stereocenters. The van der Waals surface area contributed by atoms with Gasteiger partial charge in [0, 0.05) is 48.5 Å². The van der Waals surface area contributed by atoms with E-state index in [9.17, 15) is 14.4 Å². The summed E-state index contributed by atoms with van der Waals surface area (Å²) in [6, 6.07) is 7.28. The zero-order valence-corrected chi connectivity index (χ0v) is 28.4. The number of carbonyl (C=O) groups excluding carboxylic acids is 3. The van der Waals surface area contributed by atoms with Gasteiger partial charge in [-0.3, -0.25) is 19.8 Å². The number of rotatable bonds is 11. The molecular formula is C35H47N3O10. The van der Waals surface area contributed by atoms with Crippen molar-refractivity contribution < 1.29 is 47.5 Å². The number of esters is 2. The van der Waals surface area contributed by atoms with Crippen LogP contribution in [0.1, 0.15) is 83.5 Å². The summed E-state index contributed by atoms with van der Waals surface area (Å²) in [7, 11) is 0. The first-order valence-corrected chi connectivity index (χ1v) is 17.2. The van der Waals surface area contributed by atoms with Gasteiger partial charge in [0.15, 0.2) is 11.9 Å². The van der Waals surface area contributed by atoms with Crippen molar-refractivity contribution in [2.45, 2.75) is 97.1 Å². The highest BCUT2D eigenvalue weighted by Crippen LogP contribution is 2.60. The highest BCUT2D eigenvalue weighted by molar-refractivity contribution is 5.96. The molecule has 2 bridgehead atoms. The van der Waals surface area contributed by atoms with Gasteiger partial charge < -0.3 is 33.6 Å². The molecule has 1 spiro atoms. The average molecular weight is 670 g/mol. The van der Waals surface area contributed by atoms with E-state index in [0.717, 1.165) is 38.0 Å². The molecule has 13 nitrogen and oxygen atoms in total. The summed E-state index contributed by atoms with van der Waals surface area (Å²) >= 11 is 0. The summed E-state index contributed by atoms with van der Waals surface area (Å²) in [5.41, 5.74) is 0.554. The van der Waals surface area contributed by atoms with E-state index in [1.807, 2.05) is 32.0 Å². The highest BCUT2D eigenvalue weighted by atomic mass is 17.3. The van der Waals surface area contributed by atoms with E-state index in [4.69, 9.17) is 38.5 Å². The third kappa shape index (κ3) is 6.45. The van der Waals surface area contributed by atoms with Crippen LogP contribution in [0.2, 0.25) is 0 Å². The van der Waals surface area contributed by atoms with Crippen molar-refractivity contribution in [1.82, 2.24) is 5.32 Å². The number of hydrogen-bond donors (Lipinski definition) is 2. The van der Waals surface area contributed by atoms with Crippen molar-refractivity contribution in [3.8, 4) is 0 Å². The molecule has 3 unspecified atom stereocenters. The van der Waals surface area contributed by atoms with Crippen molar-refractivity contribution in [2.24, 2.45) is 23.7 Å². The van der Waals surface area contributed by atoms with E-state index in [0.29, 0.717) is 23.3 Å². The fourth-order valence-corrected chi connectivity index (χ4v) is 7.97. The fourth-order valence-electron chi connectivity index (χ4n) is 7.97. The lowest BCUT2D eigenvalue weighted by atomic mass is 9.58. The Hall–Kier alpha value is -3.52. The number of benzene rings is 1. The first kappa shape index (κ1) is 34.3. The van der Waals surface area contributed by atoms with Gasteiger partial charge in [-0.1, -0.05) is 13.8 Å². The predicted octanol–water partition coefficient (Wildman–Crippen LogP) is 4.56. The molecule has 5 aliphatic rings. The van der Waals surface area contributed by atoms with E-state index in [2.05, 4.69) is 31.0 Å². The number of carbonyl (C=O) groups is 3. The van der Waals surface area contributed by atoms with Crippen LogP contribution in [0, 0.1) is 29.1 Å². The van der Waals surface area contributed by atoms with Crippen LogP contribution in [0.3, 0.4) is 0 Å². The monoisotopic (exact) mass is 669 g/mol. The van der Waals surface area contributed by atoms with E-state index in [1.165, 1.54) is 0 Å². The summed E-state index contributed by atoms with van der Waals surface area (Å²) in [4.78, 5) is 52.1. The molecule has 2 aromatic rings. The minimum atomic E-state index is -0.931. The standard InChI is InChI=1S/C35H47N3O10/c1-6-38(7-2)23-10-9-22-18-24(30(36)43-27(22)19-23)31(41)37-16-17-42-28(39)12-13-29(40)44-32-21(4)26-11-8-20(3)25-14-15-34(5)46-33(45-32)35(25,26)48-47-34/h9-10,18-21,25-26,32-33,36H,6-8,11-17H2,1-5H3,(H,37,41)/t20-,21-,25?,26+,32-,33-,34?,35?/m1/s1. The minimum Gasteiger partial charge on any atom is -0.464 e. The van der Waals surface area contributed by atoms with E-state index < -0.39 is 41.8 Å². The normalized spacial score (nSPS) is 32.2. The Morgan fingerprint density at radius 2 is 1.79 bits per heavy atom. The zero-order valence-electron chi connectivity index (χ0n) is 28.4. The van der Waals surface area contributed by atoms with Crippen LogP contribution in [0.25, 0.3) is 11.0 Å². The maximum absolute atomic E-state index is 12.8. The van der Waals surface area contributed by atoms with Gasteiger partial charge in [-0.05, 0) is 70.1 Å². The molecule has 48 heavy (non-hydrogen) atoms. The van der Waals surface area contributed by atoms with Gasteiger partial charge in [0.1, 0.15) is 17.8 Å². The quantitative estimate of drug-likeness (QED) is 0.196. The van der Waals surface area contributed by atoms with Crippen molar-refractivity contribution in [2.75, 3.05) is 31.1 Å². The van der Waals surface area contributed by atoms with Crippen LogP contribution in [-0.2, 0) is 38.3 Å². The molecule has 5 heterocycles. The molecule has 1 amide bonds. The molecule has 4 saturated heterocycles. The van der Waals surface area contributed by atoms with Crippen molar-refractivity contribution in [3.05, 3.63) is 35.4 Å². The highest BCUT2D eigenvalue weighted by Gasteiger charge is 2.69. The van der Waals surface area contributed by atoms with Gasteiger partial charge in [-0.15, -0.1) is 0 Å². The van der Waals surface area contributed by atoms with Gasteiger partial charge >= 0.3 is 11.9 Å². The number of nitrogens with zero attached hydrogens (tertiary/aromatic N) is 1. The molecule has 4 aliphatic heterocycles. The number of anilines is 1. The first-order chi connectivity index (χ1) is 23.0. The van der Waals surface area contributed by atoms with Gasteiger partial charge in [0.2, 0.25) is 17.6 Å². The first-order valence-electron chi connectivity index (χ1n) is 17.2. The Morgan fingerprint density at radius 1 is 1.02 bits per heavy atom. The largest absolute Gasteiger partial charge is 0.464 e. The number of fused-ring (bicyclic) bond motifs is 3. The Morgan fingerprint density at radius 3 is 2.56 bits per heavy atom. The lowest BCUT2D eigenvalue weighted by molar-refractivity contribution is -0.576. The number of hydrogen-bond acceptors (Lipinski definition) is 12. The SMILES string of the molecule is CCN(CC)c1ccc2cc(C(=O)NCCOC(=O)CCC(=O)O[C@@H]3O[C@@H]4OC5(C)CCC6[C@H](C)CC[C@@H]([C@H]3C)C64OO5)c(=N)oc2c1. The topological polar surface area (TPSA) is 159 Å². The lowest BCUT2D eigenvalue weighted by Gasteiger charge is -2.59. The van der Waals surface area contributed by atoms with Crippen molar-refractivity contribution >= 4 is 34.5 Å². The number of amides is 1. The number of nitrogens with one attached hydrogen (secondary N) is 2. The van der Waals surface area contributed by atoms with Crippen molar-refractivity contribution in [3.63, 3.8) is 0 Å². The summed E-state index contributed by atoms with van der Waals surface area (Å²) in [6.45, 7) is 11.8. The maximum atomic E-state index is 12.8. The van der Waals surface area contributed by atoms with E-state index >= 15 is 0 Å². The summed E-state index contributed by atoms with van der Waals surface area (Å²) < 4.78 is 29.2. The Labute approximate surface area is 279 Å². The van der Waals surface area contributed by atoms with Gasteiger partial charge in [-0.2, -0.15) is 0 Å². The van der Waals surface area contributed by atoms with Gasteiger partial charge in [0.05, 0.1) is 19.4 Å². The van der Waals surface area contributed by atoms with Crippen LogP contribution in [-0.4, -0.2) is 68.1 Å². The Balaban J connectivity index is 0.960. The van der Waals surface area contributed by atoms with Gasteiger partial charge in [0.25, 0.3) is 5.91 Å². The second-order valence-electron chi connectivity index (χ2n) is 13.6. The smallest absolute Gasteiger partial charge is 0.308 e. The maximum Gasteiger partial charge on any atom is 0.308 e. The molecule has 7 rings (SSSR count). The average Bonchev–Trinajstić information content (AvgIpc) is 3.30. The zero-order chi connectivity index (χ0) is 34.2. The van der Waals surface area contributed by atoms with Crippen LogP contribution in [0.4, 0.5) is 5.69 Å². The Bertz CT molecular complexity index is 1590. The second kappa shape index (κ2) is 13.8. The second-order valence-corrected chi connectivity index (χ2v) is 13.6. The minimum absolute atomic E-state index is 0.0119. The summed E-state index contributed by atoms with van der Waals surface area (Å²) in [5, 5.41) is 11.6. The van der Waals surface area contributed by atoms with E-state index in [-0.39, 0.29) is 54.9 Å². The molecular weight excluding hydrogens is 622 g/mol. The molecule has 1 aromatic heterocycles. The van der Waals surface area contributed by atoms with Crippen LogP contribution >= 0.6 is 0 Å². The third-order valence-electron chi connectivity index (χ3n) is 10.7. The predicted molar refractivity (Wildman–Crippen MR) is 171 cm³/mol. The summed E-state index contributed by atoms with van der Waals surface area (Å²) in [5.74, 6) is -2.17. The third-order valence-corrected chi connectivity index (χ3v) is 10.7. The molecule has 13 heteroatoms. The van der Waals surface area contributed by atoms with Gasteiger partial charge in [-0.25, -0.2) is 9.78 Å². The van der Waals surface area contributed by atoms with Crippen LogP contribution in [0.15, 0.2) is 28.7 Å². The molecule has 262 valence electrons. The van der Waals surface area contributed by atoms with E-state index in [1.54, 1.807) is 6.07 Å². The molecule has 1 aliphatic carbocycles. The molecule has 2 N–H and O–H groups in total. The fraction of sp³-hybridized carbons (Fsp3) is 0.657.